The smallest absolute Gasteiger partial charge is 0.334 e. The monoisotopic (exact) mass is 373 g/mol. The Morgan fingerprint density at radius 2 is 1.59 bits per heavy atom. The molecule has 0 aliphatic carbocycles. The number of hydrogen-bond acceptors (Lipinski definition) is 5. The molecule has 1 fully saturated rings. The lowest BCUT2D eigenvalue weighted by molar-refractivity contribution is -0.144. The lowest BCUT2D eigenvalue weighted by Gasteiger charge is -2.19. The Labute approximate surface area is 157 Å². The van der Waals surface area contributed by atoms with Crippen LogP contribution in [0.4, 0.5) is 4.79 Å². The summed E-state index contributed by atoms with van der Waals surface area (Å²) in [7, 11) is 0. The van der Waals surface area contributed by atoms with Gasteiger partial charge in [-0.15, -0.1) is 0 Å². The molecule has 1 heterocycles. The number of benzene rings is 1. The summed E-state index contributed by atoms with van der Waals surface area (Å²) in [6.07, 6.45) is 0.294. The molecule has 0 aromatic heterocycles. The van der Waals surface area contributed by atoms with Gasteiger partial charge in [-0.2, -0.15) is 0 Å². The van der Waals surface area contributed by atoms with Crippen LogP contribution in [0.2, 0.25) is 0 Å². The van der Waals surface area contributed by atoms with Gasteiger partial charge in [0.2, 0.25) is 5.91 Å². The molecule has 8 nitrogen and oxygen atoms in total. The van der Waals surface area contributed by atoms with E-state index in [1.165, 1.54) is 6.92 Å². The molecule has 0 radical (unpaired) electrons. The maximum absolute atomic E-state index is 12.3. The number of urea groups is 1. The van der Waals surface area contributed by atoms with Crippen molar-refractivity contribution in [3.05, 3.63) is 35.9 Å². The van der Waals surface area contributed by atoms with Crippen molar-refractivity contribution >= 4 is 29.5 Å². The van der Waals surface area contributed by atoms with E-state index in [1.54, 1.807) is 13.8 Å². The van der Waals surface area contributed by atoms with Gasteiger partial charge in [-0.25, -0.2) is 9.69 Å². The summed E-state index contributed by atoms with van der Waals surface area (Å²) in [6, 6.07) is 7.56. The molecule has 1 aliphatic rings. The normalized spacial score (nSPS) is 15.5. The van der Waals surface area contributed by atoms with Crippen LogP contribution in [0.5, 0.6) is 0 Å². The van der Waals surface area contributed by atoms with Crippen molar-refractivity contribution in [3.8, 4) is 0 Å². The largest absolute Gasteiger partial charge is 0.344 e. The summed E-state index contributed by atoms with van der Waals surface area (Å²) < 4.78 is 0. The van der Waals surface area contributed by atoms with Crippen molar-refractivity contribution < 1.29 is 24.0 Å². The van der Waals surface area contributed by atoms with Crippen molar-refractivity contribution in [2.75, 3.05) is 13.1 Å². The highest BCUT2D eigenvalue weighted by molar-refractivity contribution is 6.45. The Morgan fingerprint density at radius 3 is 2.15 bits per heavy atom. The van der Waals surface area contributed by atoms with Crippen molar-refractivity contribution in [3.63, 3.8) is 0 Å². The number of carbonyl (C=O) groups is 5. The van der Waals surface area contributed by atoms with Crippen LogP contribution in [0.3, 0.4) is 0 Å². The molecular weight excluding hydrogens is 350 g/mol. The summed E-state index contributed by atoms with van der Waals surface area (Å²) in [4.78, 5) is 61.8. The Balaban J connectivity index is 2.02. The van der Waals surface area contributed by atoms with E-state index in [1.807, 2.05) is 30.3 Å². The second-order valence-corrected chi connectivity index (χ2v) is 6.90. The molecule has 1 aromatic carbocycles. The number of amides is 5. The fourth-order valence-electron chi connectivity index (χ4n) is 2.75. The third kappa shape index (κ3) is 4.99. The van der Waals surface area contributed by atoms with E-state index >= 15 is 0 Å². The molecule has 1 aliphatic heterocycles. The Bertz CT molecular complexity index is 760. The van der Waals surface area contributed by atoms with Gasteiger partial charge in [0.25, 0.3) is 0 Å². The average molecular weight is 373 g/mol. The average Bonchev–Trinajstić information content (AvgIpc) is 2.79. The van der Waals surface area contributed by atoms with Gasteiger partial charge in [0.1, 0.15) is 6.54 Å². The van der Waals surface area contributed by atoms with E-state index in [0.717, 1.165) is 10.5 Å². The second kappa shape index (κ2) is 8.57. The highest BCUT2D eigenvalue weighted by Gasteiger charge is 2.45. The number of carbonyl (C=O) groups excluding carboxylic acids is 5. The first kappa shape index (κ1) is 20.3. The predicted octanol–water partition coefficient (Wildman–Crippen LogP) is 0.750. The maximum Gasteiger partial charge on any atom is 0.334 e. The van der Waals surface area contributed by atoms with E-state index in [-0.39, 0.29) is 18.2 Å². The molecule has 0 spiro atoms. The summed E-state index contributed by atoms with van der Waals surface area (Å²) in [6.45, 7) is 4.47. The van der Waals surface area contributed by atoms with Gasteiger partial charge in [0, 0.05) is 6.54 Å². The third-order valence-corrected chi connectivity index (χ3v) is 4.09. The summed E-state index contributed by atoms with van der Waals surface area (Å²) >= 11 is 0. The maximum atomic E-state index is 12.3. The molecule has 2 rings (SSSR count). The molecule has 0 bridgehead atoms. The lowest BCUT2D eigenvalue weighted by atomic mass is 10.0. The van der Waals surface area contributed by atoms with Crippen LogP contribution >= 0.6 is 0 Å². The van der Waals surface area contributed by atoms with Gasteiger partial charge < -0.3 is 5.32 Å². The summed E-state index contributed by atoms with van der Waals surface area (Å²) in [5, 5.41) is 2.54. The third-order valence-electron chi connectivity index (χ3n) is 4.09. The first-order chi connectivity index (χ1) is 12.7. The molecule has 0 unspecified atom stereocenters. The first-order valence-electron chi connectivity index (χ1n) is 8.71. The van der Waals surface area contributed by atoms with Gasteiger partial charge in [-0.3, -0.25) is 24.1 Å². The van der Waals surface area contributed by atoms with Crippen LogP contribution in [0, 0.1) is 5.92 Å². The van der Waals surface area contributed by atoms with Gasteiger partial charge in [0.05, 0.1) is 6.04 Å². The van der Waals surface area contributed by atoms with Gasteiger partial charge in [-0.05, 0) is 24.8 Å². The SMILES string of the molecule is CC(=O)[C@@H](Cc1ccccc1)NC(=O)CN1C(=O)C(=O)N(CC(C)C)C1=O. The number of nitrogens with one attached hydrogen (secondary N) is 1. The molecule has 1 saturated heterocycles. The molecule has 1 aromatic rings. The molecule has 1 atom stereocenters. The number of imide groups is 2. The van der Waals surface area contributed by atoms with Crippen LogP contribution in [-0.2, 0) is 25.6 Å². The van der Waals surface area contributed by atoms with Gasteiger partial charge in [0.15, 0.2) is 5.78 Å². The fraction of sp³-hybridized carbons (Fsp3) is 0.421. The topological polar surface area (TPSA) is 104 Å². The Kier molecular flexibility index (Phi) is 6.44. The van der Waals surface area contributed by atoms with Crippen LogP contribution in [-0.4, -0.2) is 58.5 Å². The molecule has 1 N–H and O–H groups in total. The number of ketones is 1. The fourth-order valence-corrected chi connectivity index (χ4v) is 2.75. The van der Waals surface area contributed by atoms with Crippen molar-refractivity contribution in [2.45, 2.75) is 33.2 Å². The first-order valence-corrected chi connectivity index (χ1v) is 8.71. The minimum atomic E-state index is -1.03. The molecule has 8 heteroatoms. The lowest BCUT2D eigenvalue weighted by Crippen LogP contribution is -2.47. The zero-order valence-corrected chi connectivity index (χ0v) is 15.6. The Morgan fingerprint density at radius 1 is 1.00 bits per heavy atom. The van der Waals surface area contributed by atoms with Gasteiger partial charge in [-0.1, -0.05) is 44.2 Å². The van der Waals surface area contributed by atoms with Crippen LogP contribution < -0.4 is 5.32 Å². The van der Waals surface area contributed by atoms with E-state index in [0.29, 0.717) is 11.3 Å². The van der Waals surface area contributed by atoms with Crippen LogP contribution in [0.25, 0.3) is 0 Å². The van der Waals surface area contributed by atoms with E-state index < -0.39 is 36.3 Å². The predicted molar refractivity (Wildman–Crippen MR) is 96.4 cm³/mol. The zero-order valence-electron chi connectivity index (χ0n) is 15.6. The zero-order chi connectivity index (χ0) is 20.1. The summed E-state index contributed by atoms with van der Waals surface area (Å²) in [5.74, 6) is -2.89. The molecule has 144 valence electrons. The van der Waals surface area contributed by atoms with Crippen LogP contribution in [0.1, 0.15) is 26.3 Å². The van der Waals surface area contributed by atoms with E-state index in [4.69, 9.17) is 0 Å². The van der Waals surface area contributed by atoms with E-state index in [9.17, 15) is 24.0 Å². The summed E-state index contributed by atoms with van der Waals surface area (Å²) in [5.41, 5.74) is 0.865. The molecule has 27 heavy (non-hydrogen) atoms. The standard InChI is InChI=1S/C19H23N3O5/c1-12(2)10-21-17(25)18(26)22(19(21)27)11-16(24)20-15(13(3)23)9-14-7-5-4-6-8-14/h4-8,12,15H,9-11H2,1-3H3,(H,20,24)/t15-/m1/s1. The van der Waals surface area contributed by atoms with Crippen molar-refractivity contribution in [1.82, 2.24) is 15.1 Å². The number of Topliss-reactive ketones (excluding diaryl/α,β-unsaturated/α-hetero) is 1. The second-order valence-electron chi connectivity index (χ2n) is 6.90. The van der Waals surface area contributed by atoms with Crippen LogP contribution in [0.15, 0.2) is 30.3 Å². The van der Waals surface area contributed by atoms with Crippen molar-refractivity contribution in [1.29, 1.82) is 0 Å². The van der Waals surface area contributed by atoms with Gasteiger partial charge >= 0.3 is 17.8 Å². The molecule has 5 amide bonds. The van der Waals surface area contributed by atoms with E-state index in [2.05, 4.69) is 5.32 Å². The molecule has 0 saturated carbocycles. The quantitative estimate of drug-likeness (QED) is 0.535. The van der Waals surface area contributed by atoms with Crippen molar-refractivity contribution in [2.24, 2.45) is 5.92 Å². The highest BCUT2D eigenvalue weighted by Crippen LogP contribution is 2.14. The number of nitrogens with zero attached hydrogens (tertiary/aromatic N) is 2. The number of rotatable bonds is 8. The highest BCUT2D eigenvalue weighted by atomic mass is 16.2. The molecular formula is C19H23N3O5. The Hall–Kier alpha value is -3.03. The minimum absolute atomic E-state index is 0.00700. The number of hydrogen-bond donors (Lipinski definition) is 1. The minimum Gasteiger partial charge on any atom is -0.344 e.